The fourth-order valence-corrected chi connectivity index (χ4v) is 2.18. The quantitative estimate of drug-likeness (QED) is 0.797. The first-order chi connectivity index (χ1) is 11.3. The number of rotatable bonds is 7. The maximum absolute atomic E-state index is 11.6. The van der Waals surface area contributed by atoms with E-state index in [1.54, 1.807) is 7.11 Å². The standard InChI is InChI=1S/C18H19NO4/c1-21-16-9-14(10-19-18(20)17-12-23-17)7-8-15(16)22-11-13-5-3-2-4-6-13/h2-9,17H,10-12H2,1H3,(H,19,20). The summed E-state index contributed by atoms with van der Waals surface area (Å²) < 4.78 is 16.1. The lowest BCUT2D eigenvalue weighted by Crippen LogP contribution is -2.27. The fraction of sp³-hybridized carbons (Fsp3) is 0.278. The SMILES string of the molecule is COc1cc(CNC(=O)C2CO2)ccc1OCc1ccccc1. The molecule has 2 aromatic rings. The second kappa shape index (κ2) is 7.15. The van der Waals surface area contributed by atoms with Crippen molar-refractivity contribution in [2.45, 2.75) is 19.3 Å². The van der Waals surface area contributed by atoms with Gasteiger partial charge in [0.1, 0.15) is 6.61 Å². The van der Waals surface area contributed by atoms with Crippen molar-refractivity contribution >= 4 is 5.91 Å². The van der Waals surface area contributed by atoms with Crippen LogP contribution < -0.4 is 14.8 Å². The molecule has 5 heteroatoms. The molecule has 1 atom stereocenters. The third-order valence-corrected chi connectivity index (χ3v) is 3.56. The Balaban J connectivity index is 1.60. The van der Waals surface area contributed by atoms with Crippen LogP contribution in [0.1, 0.15) is 11.1 Å². The van der Waals surface area contributed by atoms with E-state index in [9.17, 15) is 4.79 Å². The Kier molecular flexibility index (Phi) is 4.78. The second-order valence-electron chi connectivity index (χ2n) is 5.30. The molecular formula is C18H19NO4. The van der Waals surface area contributed by atoms with Crippen molar-refractivity contribution in [3.05, 3.63) is 59.7 Å². The summed E-state index contributed by atoms with van der Waals surface area (Å²) in [5.74, 6) is 1.25. The van der Waals surface area contributed by atoms with E-state index in [2.05, 4.69) is 5.32 Å². The van der Waals surface area contributed by atoms with Crippen molar-refractivity contribution in [3.63, 3.8) is 0 Å². The summed E-state index contributed by atoms with van der Waals surface area (Å²) in [7, 11) is 1.60. The van der Waals surface area contributed by atoms with E-state index < -0.39 is 0 Å². The van der Waals surface area contributed by atoms with E-state index in [0.717, 1.165) is 11.1 Å². The normalized spacial score (nSPS) is 15.8. The van der Waals surface area contributed by atoms with Crippen molar-refractivity contribution in [2.75, 3.05) is 13.7 Å². The molecule has 1 saturated heterocycles. The molecule has 3 rings (SSSR count). The molecule has 0 bridgehead atoms. The van der Waals surface area contributed by atoms with Crippen LogP contribution in [0, 0.1) is 0 Å². The molecule has 1 fully saturated rings. The lowest BCUT2D eigenvalue weighted by Gasteiger charge is -2.12. The maximum Gasteiger partial charge on any atom is 0.251 e. The van der Waals surface area contributed by atoms with E-state index in [1.165, 1.54) is 0 Å². The zero-order valence-corrected chi connectivity index (χ0v) is 13.0. The van der Waals surface area contributed by atoms with E-state index in [4.69, 9.17) is 14.2 Å². The molecule has 1 N–H and O–H groups in total. The molecule has 5 nitrogen and oxygen atoms in total. The number of carbonyl (C=O) groups is 1. The van der Waals surface area contributed by atoms with Gasteiger partial charge in [-0.2, -0.15) is 0 Å². The Morgan fingerprint density at radius 2 is 1.96 bits per heavy atom. The van der Waals surface area contributed by atoms with Gasteiger partial charge >= 0.3 is 0 Å². The minimum atomic E-state index is -0.273. The third kappa shape index (κ3) is 4.23. The predicted molar refractivity (Wildman–Crippen MR) is 85.4 cm³/mol. The minimum absolute atomic E-state index is 0.0756. The van der Waals surface area contributed by atoms with E-state index in [0.29, 0.717) is 31.3 Å². The smallest absolute Gasteiger partial charge is 0.251 e. The zero-order valence-electron chi connectivity index (χ0n) is 13.0. The summed E-state index contributed by atoms with van der Waals surface area (Å²) in [6.45, 7) is 1.43. The summed E-state index contributed by atoms with van der Waals surface area (Å²) in [6, 6.07) is 15.6. The van der Waals surface area contributed by atoms with Gasteiger partial charge in [0.25, 0.3) is 5.91 Å². The maximum atomic E-state index is 11.6. The average molecular weight is 313 g/mol. The Morgan fingerprint density at radius 3 is 2.65 bits per heavy atom. The van der Waals surface area contributed by atoms with Crippen LogP contribution in [0.25, 0.3) is 0 Å². The molecule has 0 saturated carbocycles. The molecular weight excluding hydrogens is 294 g/mol. The first-order valence-electron chi connectivity index (χ1n) is 7.49. The van der Waals surface area contributed by atoms with Crippen molar-refractivity contribution < 1.29 is 19.0 Å². The monoisotopic (exact) mass is 313 g/mol. The van der Waals surface area contributed by atoms with Crippen LogP contribution in [0.2, 0.25) is 0 Å². The van der Waals surface area contributed by atoms with Gasteiger partial charge in [-0.15, -0.1) is 0 Å². The number of ether oxygens (including phenoxy) is 3. The Bertz CT molecular complexity index is 668. The molecule has 0 aliphatic carbocycles. The molecule has 2 aromatic carbocycles. The molecule has 1 aliphatic heterocycles. The van der Waals surface area contributed by atoms with Crippen LogP contribution in [0.5, 0.6) is 11.5 Å². The number of hydrogen-bond donors (Lipinski definition) is 1. The van der Waals surface area contributed by atoms with Crippen LogP contribution in [-0.4, -0.2) is 25.7 Å². The molecule has 0 radical (unpaired) electrons. The number of carbonyl (C=O) groups excluding carboxylic acids is 1. The van der Waals surface area contributed by atoms with Crippen LogP contribution in [0.15, 0.2) is 48.5 Å². The molecule has 1 heterocycles. The Morgan fingerprint density at radius 1 is 1.17 bits per heavy atom. The van der Waals surface area contributed by atoms with Crippen molar-refractivity contribution in [2.24, 2.45) is 0 Å². The lowest BCUT2D eigenvalue weighted by molar-refractivity contribution is -0.122. The van der Waals surface area contributed by atoms with Gasteiger partial charge in [0.2, 0.25) is 0 Å². The molecule has 23 heavy (non-hydrogen) atoms. The summed E-state index contributed by atoms with van der Waals surface area (Å²) in [5.41, 5.74) is 2.04. The highest BCUT2D eigenvalue weighted by Crippen LogP contribution is 2.28. The highest BCUT2D eigenvalue weighted by Gasteiger charge is 2.30. The van der Waals surface area contributed by atoms with E-state index in [-0.39, 0.29) is 12.0 Å². The van der Waals surface area contributed by atoms with Gasteiger partial charge in [-0.05, 0) is 23.3 Å². The van der Waals surface area contributed by atoms with Gasteiger partial charge in [0.05, 0.1) is 13.7 Å². The average Bonchev–Trinajstić information content (AvgIpc) is 3.44. The Labute approximate surface area is 135 Å². The molecule has 1 aliphatic rings. The van der Waals surface area contributed by atoms with Gasteiger partial charge in [-0.3, -0.25) is 4.79 Å². The summed E-state index contributed by atoms with van der Waals surface area (Å²) >= 11 is 0. The number of hydrogen-bond acceptors (Lipinski definition) is 4. The van der Waals surface area contributed by atoms with Crippen LogP contribution in [0.3, 0.4) is 0 Å². The van der Waals surface area contributed by atoms with E-state index >= 15 is 0 Å². The van der Waals surface area contributed by atoms with Gasteiger partial charge in [-0.25, -0.2) is 0 Å². The lowest BCUT2D eigenvalue weighted by atomic mass is 10.2. The first kappa shape index (κ1) is 15.4. The molecule has 1 amide bonds. The van der Waals surface area contributed by atoms with Gasteiger partial charge in [0, 0.05) is 6.54 Å². The largest absolute Gasteiger partial charge is 0.493 e. The van der Waals surface area contributed by atoms with Crippen molar-refractivity contribution in [1.29, 1.82) is 0 Å². The number of amides is 1. The van der Waals surface area contributed by atoms with Crippen LogP contribution in [-0.2, 0) is 22.7 Å². The topological polar surface area (TPSA) is 60.1 Å². The van der Waals surface area contributed by atoms with Gasteiger partial charge < -0.3 is 19.5 Å². The molecule has 0 spiro atoms. The Hall–Kier alpha value is -2.53. The number of benzene rings is 2. The second-order valence-corrected chi connectivity index (χ2v) is 5.30. The third-order valence-electron chi connectivity index (χ3n) is 3.56. The van der Waals surface area contributed by atoms with Gasteiger partial charge in [0.15, 0.2) is 17.6 Å². The van der Waals surface area contributed by atoms with Crippen LogP contribution >= 0.6 is 0 Å². The fourth-order valence-electron chi connectivity index (χ4n) is 2.18. The molecule has 0 aromatic heterocycles. The highest BCUT2D eigenvalue weighted by molar-refractivity contribution is 5.82. The van der Waals surface area contributed by atoms with Crippen LogP contribution in [0.4, 0.5) is 0 Å². The summed E-state index contributed by atoms with van der Waals surface area (Å²) in [4.78, 5) is 11.6. The number of nitrogens with one attached hydrogen (secondary N) is 1. The van der Waals surface area contributed by atoms with Crippen molar-refractivity contribution in [1.82, 2.24) is 5.32 Å². The minimum Gasteiger partial charge on any atom is -0.493 e. The van der Waals surface area contributed by atoms with E-state index in [1.807, 2.05) is 48.5 Å². The van der Waals surface area contributed by atoms with Gasteiger partial charge in [-0.1, -0.05) is 36.4 Å². The number of epoxide rings is 1. The molecule has 120 valence electrons. The summed E-state index contributed by atoms with van der Waals surface area (Å²) in [5, 5.41) is 2.83. The number of methoxy groups -OCH3 is 1. The first-order valence-corrected chi connectivity index (χ1v) is 7.49. The zero-order chi connectivity index (χ0) is 16.1. The summed E-state index contributed by atoms with van der Waals surface area (Å²) in [6.07, 6.45) is -0.273. The highest BCUT2D eigenvalue weighted by atomic mass is 16.6. The van der Waals surface area contributed by atoms with Crippen molar-refractivity contribution in [3.8, 4) is 11.5 Å². The molecule has 1 unspecified atom stereocenters. The predicted octanol–water partition coefficient (Wildman–Crippen LogP) is 2.29.